The summed E-state index contributed by atoms with van der Waals surface area (Å²) in [5.74, 6) is 0. The van der Waals surface area contributed by atoms with Gasteiger partial charge in [-0.2, -0.15) is 0 Å². The number of hydrogen-bond donors (Lipinski definition) is 4. The molecule has 0 aromatic carbocycles. The first kappa shape index (κ1) is 10.8. The Balaban J connectivity index is 3.28. The molecule has 0 atom stereocenters. The van der Waals surface area contributed by atoms with Gasteiger partial charge in [0.1, 0.15) is 0 Å². The Kier molecular flexibility index (Phi) is 6.33. The Hall–Kier alpha value is -0.240. The van der Waals surface area contributed by atoms with Crippen molar-refractivity contribution in [3.8, 4) is 0 Å². The molecule has 6 nitrogen and oxygen atoms in total. The van der Waals surface area contributed by atoms with Gasteiger partial charge in [-0.1, -0.05) is 5.59 Å². The van der Waals surface area contributed by atoms with E-state index in [1.807, 2.05) is 7.05 Å². The standard InChI is InChI=1S/C5H16N4O2/c1-6-4-3-5-8(2)9(11)7-10/h6-7,10-11H,3-5H2,1-2H3. The molecule has 0 heterocycles. The average Bonchev–Trinajstić information content (AvgIpc) is 2.03. The molecule has 68 valence electrons. The van der Waals surface area contributed by atoms with Crippen LogP contribution in [0.5, 0.6) is 0 Å². The van der Waals surface area contributed by atoms with Gasteiger partial charge in [0.25, 0.3) is 0 Å². The van der Waals surface area contributed by atoms with Crippen molar-refractivity contribution in [3.05, 3.63) is 0 Å². The Labute approximate surface area is 66.3 Å². The van der Waals surface area contributed by atoms with Crippen molar-refractivity contribution in [3.63, 3.8) is 0 Å². The fourth-order valence-electron chi connectivity index (χ4n) is 0.656. The smallest absolute Gasteiger partial charge is 0.0179 e. The Bertz CT molecular complexity index is 92.6. The van der Waals surface area contributed by atoms with Crippen LogP contribution in [0.15, 0.2) is 0 Å². The zero-order chi connectivity index (χ0) is 8.69. The molecule has 6 heteroatoms. The lowest BCUT2D eigenvalue weighted by atomic mass is 10.4. The number of nitrogens with one attached hydrogen (secondary N) is 2. The molecule has 11 heavy (non-hydrogen) atoms. The fourth-order valence-corrected chi connectivity index (χ4v) is 0.656. The molecule has 0 aromatic heterocycles. The van der Waals surface area contributed by atoms with Crippen LogP contribution in [0.1, 0.15) is 6.42 Å². The van der Waals surface area contributed by atoms with E-state index in [1.165, 1.54) is 5.01 Å². The van der Waals surface area contributed by atoms with Crippen molar-refractivity contribution in [1.82, 2.24) is 21.2 Å². The molecule has 0 radical (unpaired) electrons. The zero-order valence-electron chi connectivity index (χ0n) is 6.91. The first-order valence-electron chi connectivity index (χ1n) is 3.46. The highest BCUT2D eigenvalue weighted by atomic mass is 16.7. The van der Waals surface area contributed by atoms with E-state index in [9.17, 15) is 0 Å². The molecule has 0 fully saturated rings. The second-order valence-corrected chi connectivity index (χ2v) is 2.23. The lowest BCUT2D eigenvalue weighted by Crippen LogP contribution is -2.45. The normalized spacial score (nSPS) is 11.5. The van der Waals surface area contributed by atoms with Crippen molar-refractivity contribution < 1.29 is 10.4 Å². The summed E-state index contributed by atoms with van der Waals surface area (Å²) in [7, 11) is 3.51. The average molecular weight is 164 g/mol. The highest BCUT2D eigenvalue weighted by Crippen LogP contribution is 1.86. The zero-order valence-corrected chi connectivity index (χ0v) is 6.91. The predicted molar refractivity (Wildman–Crippen MR) is 39.7 cm³/mol. The van der Waals surface area contributed by atoms with E-state index in [-0.39, 0.29) is 0 Å². The molecule has 0 aliphatic carbocycles. The summed E-state index contributed by atoms with van der Waals surface area (Å²) in [6.07, 6.45) is 0.895. The van der Waals surface area contributed by atoms with Gasteiger partial charge in [-0.05, 0) is 25.3 Å². The van der Waals surface area contributed by atoms with Crippen LogP contribution in [0, 0.1) is 0 Å². The van der Waals surface area contributed by atoms with E-state index < -0.39 is 0 Å². The lowest BCUT2D eigenvalue weighted by molar-refractivity contribution is -0.325. The molecule has 0 aliphatic heterocycles. The maximum Gasteiger partial charge on any atom is 0.0179 e. The highest BCUT2D eigenvalue weighted by molar-refractivity contribution is 4.44. The van der Waals surface area contributed by atoms with Crippen LogP contribution < -0.4 is 10.9 Å². The van der Waals surface area contributed by atoms with E-state index in [1.54, 1.807) is 12.6 Å². The monoisotopic (exact) mass is 164 g/mol. The van der Waals surface area contributed by atoms with Crippen molar-refractivity contribution in [2.75, 3.05) is 27.2 Å². The summed E-state index contributed by atoms with van der Waals surface area (Å²) < 4.78 is 0. The molecule has 0 bridgehead atoms. The summed E-state index contributed by atoms with van der Waals surface area (Å²) in [5, 5.41) is 22.0. The Morgan fingerprint density at radius 2 is 2.09 bits per heavy atom. The summed E-state index contributed by atoms with van der Waals surface area (Å²) in [6.45, 7) is 1.54. The lowest BCUT2D eigenvalue weighted by Gasteiger charge is -2.22. The topological polar surface area (TPSA) is 71.0 Å². The highest BCUT2D eigenvalue weighted by Gasteiger charge is 2.03. The van der Waals surface area contributed by atoms with Crippen molar-refractivity contribution in [2.45, 2.75) is 6.42 Å². The van der Waals surface area contributed by atoms with E-state index in [2.05, 4.69) is 5.32 Å². The quantitative estimate of drug-likeness (QED) is 0.299. The van der Waals surface area contributed by atoms with E-state index >= 15 is 0 Å². The third kappa shape index (κ3) is 5.08. The van der Waals surface area contributed by atoms with Crippen LogP contribution in [0.2, 0.25) is 0 Å². The first-order chi connectivity index (χ1) is 5.22. The summed E-state index contributed by atoms with van der Waals surface area (Å²) in [5.41, 5.74) is 1.59. The van der Waals surface area contributed by atoms with Crippen molar-refractivity contribution >= 4 is 0 Å². The number of hydrogen-bond acceptors (Lipinski definition) is 6. The van der Waals surface area contributed by atoms with Gasteiger partial charge in [-0.3, -0.25) is 10.4 Å². The molecule has 0 aliphatic rings. The van der Waals surface area contributed by atoms with Crippen LogP contribution in [-0.4, -0.2) is 47.9 Å². The number of rotatable bonds is 6. The molecular weight excluding hydrogens is 148 g/mol. The summed E-state index contributed by atoms with van der Waals surface area (Å²) in [6, 6.07) is 0. The molecule has 0 rings (SSSR count). The SMILES string of the molecule is CNCCCN(C)N(O)NO. The maximum atomic E-state index is 8.80. The molecule has 4 N–H and O–H groups in total. The van der Waals surface area contributed by atoms with Gasteiger partial charge < -0.3 is 5.32 Å². The molecule has 0 amide bonds. The minimum absolute atomic E-state index is 0.523. The van der Waals surface area contributed by atoms with Gasteiger partial charge in [0.15, 0.2) is 0 Å². The molecule has 0 saturated carbocycles. The van der Waals surface area contributed by atoms with Crippen LogP contribution in [-0.2, 0) is 0 Å². The Morgan fingerprint density at radius 3 is 2.55 bits per heavy atom. The number of hydrazine groups is 2. The van der Waals surface area contributed by atoms with Crippen LogP contribution >= 0.6 is 0 Å². The van der Waals surface area contributed by atoms with Crippen molar-refractivity contribution in [2.24, 2.45) is 0 Å². The van der Waals surface area contributed by atoms with Gasteiger partial charge in [0, 0.05) is 13.6 Å². The number of nitrogens with zero attached hydrogens (tertiary/aromatic N) is 2. The van der Waals surface area contributed by atoms with Crippen LogP contribution in [0.3, 0.4) is 0 Å². The summed E-state index contributed by atoms with van der Waals surface area (Å²) in [4.78, 5) is 0. The minimum atomic E-state index is 0.523. The molecule has 0 unspecified atom stereocenters. The van der Waals surface area contributed by atoms with E-state index in [0.29, 0.717) is 11.8 Å². The van der Waals surface area contributed by atoms with Gasteiger partial charge in [0.2, 0.25) is 0 Å². The largest absolute Gasteiger partial charge is 0.320 e. The second kappa shape index (κ2) is 6.47. The minimum Gasteiger partial charge on any atom is -0.320 e. The van der Waals surface area contributed by atoms with Crippen LogP contribution in [0.4, 0.5) is 0 Å². The molecular formula is C5H16N4O2. The van der Waals surface area contributed by atoms with Gasteiger partial charge in [-0.25, -0.2) is 5.01 Å². The third-order valence-corrected chi connectivity index (χ3v) is 1.32. The second-order valence-electron chi connectivity index (χ2n) is 2.23. The summed E-state index contributed by atoms with van der Waals surface area (Å²) >= 11 is 0. The van der Waals surface area contributed by atoms with Gasteiger partial charge in [0.05, 0.1) is 0 Å². The molecule has 0 aromatic rings. The van der Waals surface area contributed by atoms with Gasteiger partial charge >= 0.3 is 0 Å². The van der Waals surface area contributed by atoms with Crippen molar-refractivity contribution in [1.29, 1.82) is 0 Å². The maximum absolute atomic E-state index is 8.80. The molecule has 0 spiro atoms. The third-order valence-electron chi connectivity index (χ3n) is 1.32. The first-order valence-corrected chi connectivity index (χ1v) is 3.46. The Morgan fingerprint density at radius 1 is 1.45 bits per heavy atom. The van der Waals surface area contributed by atoms with Crippen LogP contribution in [0.25, 0.3) is 0 Å². The van der Waals surface area contributed by atoms with E-state index in [0.717, 1.165) is 13.0 Å². The van der Waals surface area contributed by atoms with Gasteiger partial charge in [-0.15, -0.1) is 0 Å². The fraction of sp³-hybridized carbons (Fsp3) is 1.00. The predicted octanol–water partition coefficient (Wildman–Crippen LogP) is -0.972. The molecule has 0 saturated heterocycles. The van der Waals surface area contributed by atoms with E-state index in [4.69, 9.17) is 10.4 Å².